The molecule has 5 nitrogen and oxygen atoms in total. The van der Waals surface area contributed by atoms with Gasteiger partial charge in [-0.15, -0.1) is 0 Å². The van der Waals surface area contributed by atoms with Gasteiger partial charge in [-0.2, -0.15) is 0 Å². The lowest BCUT2D eigenvalue weighted by molar-refractivity contribution is -0.0160. The third-order valence-corrected chi connectivity index (χ3v) is 2.78. The van der Waals surface area contributed by atoms with Crippen molar-refractivity contribution in [2.24, 2.45) is 0 Å². The van der Waals surface area contributed by atoms with Gasteiger partial charge >= 0.3 is 6.03 Å². The standard InChI is InChI=1S/C12H24N2O3/c1-4-16-14-12(15)13-10-5-7-11(8-6-10)17-9(2)3/h9-11H,4-8H2,1-3H3,(H2,13,14,15). The van der Waals surface area contributed by atoms with E-state index in [9.17, 15) is 4.79 Å². The van der Waals surface area contributed by atoms with Crippen molar-refractivity contribution < 1.29 is 14.4 Å². The number of hydroxylamine groups is 1. The topological polar surface area (TPSA) is 59.6 Å². The smallest absolute Gasteiger partial charge is 0.338 e. The van der Waals surface area contributed by atoms with E-state index in [0.29, 0.717) is 12.7 Å². The Labute approximate surface area is 103 Å². The summed E-state index contributed by atoms with van der Waals surface area (Å²) >= 11 is 0. The van der Waals surface area contributed by atoms with Crippen molar-refractivity contribution >= 4 is 6.03 Å². The highest BCUT2D eigenvalue weighted by Crippen LogP contribution is 2.22. The molecule has 2 N–H and O–H groups in total. The maximum Gasteiger partial charge on any atom is 0.338 e. The minimum Gasteiger partial charge on any atom is -0.376 e. The lowest BCUT2D eigenvalue weighted by Gasteiger charge is -2.30. The number of amides is 2. The molecule has 1 rings (SSSR count). The molecule has 0 aliphatic heterocycles. The van der Waals surface area contributed by atoms with Crippen molar-refractivity contribution in [2.45, 2.75) is 64.7 Å². The molecular weight excluding hydrogens is 220 g/mol. The highest BCUT2D eigenvalue weighted by molar-refractivity contribution is 5.73. The number of nitrogens with one attached hydrogen (secondary N) is 2. The number of hydrogen-bond donors (Lipinski definition) is 2. The fourth-order valence-corrected chi connectivity index (χ4v) is 2.08. The third-order valence-electron chi connectivity index (χ3n) is 2.78. The Balaban J connectivity index is 2.16. The maximum atomic E-state index is 11.4. The zero-order valence-corrected chi connectivity index (χ0v) is 11.0. The van der Waals surface area contributed by atoms with Crippen molar-refractivity contribution in [1.29, 1.82) is 0 Å². The van der Waals surface area contributed by atoms with E-state index < -0.39 is 0 Å². The van der Waals surface area contributed by atoms with E-state index in [0.717, 1.165) is 25.7 Å². The first kappa shape index (κ1) is 14.3. The van der Waals surface area contributed by atoms with Crippen molar-refractivity contribution in [3.05, 3.63) is 0 Å². The summed E-state index contributed by atoms with van der Waals surface area (Å²) in [7, 11) is 0. The molecule has 0 aromatic rings. The lowest BCUT2D eigenvalue weighted by atomic mass is 9.93. The summed E-state index contributed by atoms with van der Waals surface area (Å²) in [5, 5.41) is 2.90. The van der Waals surface area contributed by atoms with Crippen LogP contribution in [0.4, 0.5) is 4.79 Å². The van der Waals surface area contributed by atoms with Gasteiger partial charge in [0.1, 0.15) is 0 Å². The minimum atomic E-state index is -0.250. The van der Waals surface area contributed by atoms with E-state index in [1.807, 2.05) is 6.92 Å². The zero-order chi connectivity index (χ0) is 12.7. The summed E-state index contributed by atoms with van der Waals surface area (Å²) < 4.78 is 5.76. The molecule has 1 fully saturated rings. The van der Waals surface area contributed by atoms with Gasteiger partial charge in [-0.05, 0) is 46.5 Å². The van der Waals surface area contributed by atoms with Gasteiger partial charge in [0.05, 0.1) is 18.8 Å². The van der Waals surface area contributed by atoms with Gasteiger partial charge < -0.3 is 10.1 Å². The first-order valence-corrected chi connectivity index (χ1v) is 6.45. The summed E-state index contributed by atoms with van der Waals surface area (Å²) in [4.78, 5) is 16.2. The van der Waals surface area contributed by atoms with Crippen LogP contribution in [0.25, 0.3) is 0 Å². The molecule has 0 atom stereocenters. The van der Waals surface area contributed by atoms with Crippen LogP contribution in [0.3, 0.4) is 0 Å². The number of carbonyl (C=O) groups excluding carboxylic acids is 1. The largest absolute Gasteiger partial charge is 0.376 e. The second kappa shape index (κ2) is 7.50. The first-order chi connectivity index (χ1) is 8.11. The fraction of sp³-hybridized carbons (Fsp3) is 0.917. The van der Waals surface area contributed by atoms with Gasteiger partial charge in [-0.1, -0.05) is 0 Å². The van der Waals surface area contributed by atoms with Gasteiger partial charge in [0.2, 0.25) is 0 Å². The second-order valence-electron chi connectivity index (χ2n) is 4.67. The molecule has 0 aromatic carbocycles. The van der Waals surface area contributed by atoms with Crippen molar-refractivity contribution in [3.63, 3.8) is 0 Å². The van der Waals surface area contributed by atoms with Gasteiger partial charge in [0, 0.05) is 6.04 Å². The Kier molecular flexibility index (Phi) is 6.29. The fourth-order valence-electron chi connectivity index (χ4n) is 2.08. The maximum absolute atomic E-state index is 11.4. The normalized spacial score (nSPS) is 24.7. The number of urea groups is 1. The van der Waals surface area contributed by atoms with Gasteiger partial charge in [0.15, 0.2) is 0 Å². The van der Waals surface area contributed by atoms with Gasteiger partial charge in [0.25, 0.3) is 0 Å². The monoisotopic (exact) mass is 244 g/mol. The molecule has 0 bridgehead atoms. The second-order valence-corrected chi connectivity index (χ2v) is 4.67. The average molecular weight is 244 g/mol. The van der Waals surface area contributed by atoms with Crippen LogP contribution < -0.4 is 10.8 Å². The van der Waals surface area contributed by atoms with E-state index >= 15 is 0 Å². The number of ether oxygens (including phenoxy) is 1. The molecule has 17 heavy (non-hydrogen) atoms. The molecule has 5 heteroatoms. The average Bonchev–Trinajstić information content (AvgIpc) is 2.28. The Morgan fingerprint density at radius 3 is 2.47 bits per heavy atom. The van der Waals surface area contributed by atoms with Gasteiger partial charge in [-0.3, -0.25) is 4.84 Å². The Bertz CT molecular complexity index is 226. The summed E-state index contributed by atoms with van der Waals surface area (Å²) in [5.74, 6) is 0. The van der Waals surface area contributed by atoms with E-state index in [-0.39, 0.29) is 18.2 Å². The minimum absolute atomic E-state index is 0.238. The van der Waals surface area contributed by atoms with Crippen LogP contribution in [-0.4, -0.2) is 30.9 Å². The van der Waals surface area contributed by atoms with Crippen LogP contribution in [0.15, 0.2) is 0 Å². The molecule has 100 valence electrons. The summed E-state index contributed by atoms with van der Waals surface area (Å²) in [5.41, 5.74) is 2.34. The third kappa shape index (κ3) is 5.89. The summed E-state index contributed by atoms with van der Waals surface area (Å²) in [6.07, 6.45) is 4.59. The molecule has 1 aliphatic rings. The Morgan fingerprint density at radius 2 is 1.94 bits per heavy atom. The molecule has 1 aliphatic carbocycles. The highest BCUT2D eigenvalue weighted by atomic mass is 16.7. The van der Waals surface area contributed by atoms with Crippen molar-refractivity contribution in [2.75, 3.05) is 6.61 Å². The Morgan fingerprint density at radius 1 is 1.29 bits per heavy atom. The predicted molar refractivity (Wildman–Crippen MR) is 65.6 cm³/mol. The Hall–Kier alpha value is -0.810. The molecule has 0 saturated heterocycles. The SMILES string of the molecule is CCONC(=O)NC1CCC(OC(C)C)CC1. The van der Waals surface area contributed by atoms with E-state index in [1.165, 1.54) is 0 Å². The van der Waals surface area contributed by atoms with Crippen LogP contribution in [0.5, 0.6) is 0 Å². The molecule has 0 aromatic heterocycles. The highest BCUT2D eigenvalue weighted by Gasteiger charge is 2.23. The number of carbonyl (C=O) groups is 1. The molecule has 2 amide bonds. The molecule has 0 heterocycles. The lowest BCUT2D eigenvalue weighted by Crippen LogP contribution is -2.44. The number of rotatable bonds is 5. The van der Waals surface area contributed by atoms with Crippen molar-refractivity contribution in [3.8, 4) is 0 Å². The van der Waals surface area contributed by atoms with E-state index in [1.54, 1.807) is 0 Å². The molecule has 0 spiro atoms. The molecule has 1 saturated carbocycles. The molecule has 0 unspecified atom stereocenters. The van der Waals surface area contributed by atoms with E-state index in [2.05, 4.69) is 24.6 Å². The van der Waals surface area contributed by atoms with E-state index in [4.69, 9.17) is 9.57 Å². The van der Waals surface area contributed by atoms with Crippen LogP contribution in [0.1, 0.15) is 46.5 Å². The zero-order valence-electron chi connectivity index (χ0n) is 11.0. The van der Waals surface area contributed by atoms with Gasteiger partial charge in [-0.25, -0.2) is 10.3 Å². The number of hydrogen-bond acceptors (Lipinski definition) is 3. The first-order valence-electron chi connectivity index (χ1n) is 6.45. The summed E-state index contributed by atoms with van der Waals surface area (Å²) in [6.45, 7) is 6.41. The van der Waals surface area contributed by atoms with Crippen molar-refractivity contribution in [1.82, 2.24) is 10.8 Å². The van der Waals surface area contributed by atoms with Crippen LogP contribution >= 0.6 is 0 Å². The van der Waals surface area contributed by atoms with Crippen LogP contribution in [-0.2, 0) is 9.57 Å². The summed E-state index contributed by atoms with van der Waals surface area (Å²) in [6, 6.07) is -0.0115. The molecule has 0 radical (unpaired) electrons. The van der Waals surface area contributed by atoms with Crippen LogP contribution in [0.2, 0.25) is 0 Å². The van der Waals surface area contributed by atoms with Crippen LogP contribution in [0, 0.1) is 0 Å². The molecular formula is C12H24N2O3. The predicted octanol–water partition coefficient (Wildman–Crippen LogP) is 1.97. The quantitative estimate of drug-likeness (QED) is 0.727.